The van der Waals surface area contributed by atoms with Gasteiger partial charge in [0.2, 0.25) is 6.10 Å². The first-order chi connectivity index (χ1) is 11.8. The van der Waals surface area contributed by atoms with Gasteiger partial charge in [-0.2, -0.15) is 13.2 Å². The summed E-state index contributed by atoms with van der Waals surface area (Å²) in [6.45, 7) is 0. The Labute approximate surface area is 145 Å². The lowest BCUT2D eigenvalue weighted by Gasteiger charge is -2.30. The Morgan fingerprint density at radius 2 is 1.84 bits per heavy atom. The van der Waals surface area contributed by atoms with Crippen LogP contribution in [0.3, 0.4) is 0 Å². The number of ether oxygens (including phenoxy) is 2. The third-order valence-electron chi connectivity index (χ3n) is 3.43. The molecular weight excluding hydrogens is 361 g/mol. The second kappa shape index (κ2) is 6.33. The molecule has 1 aliphatic heterocycles. The van der Waals surface area contributed by atoms with Crippen LogP contribution in [-0.4, -0.2) is 18.2 Å². The molecule has 8 heteroatoms. The van der Waals surface area contributed by atoms with Crippen molar-refractivity contribution in [1.29, 1.82) is 0 Å². The summed E-state index contributed by atoms with van der Waals surface area (Å²) in [4.78, 5) is 11.1. The molecule has 0 spiro atoms. The molecule has 130 valence electrons. The van der Waals surface area contributed by atoms with Gasteiger partial charge < -0.3 is 19.4 Å². The molecule has 25 heavy (non-hydrogen) atoms. The molecular formula is C17H9ClF3O4-. The topological polar surface area (TPSA) is 58.6 Å². The molecule has 0 aromatic heterocycles. The van der Waals surface area contributed by atoms with E-state index < -0.39 is 23.8 Å². The molecule has 0 saturated carbocycles. The Morgan fingerprint density at radius 3 is 2.44 bits per heavy atom. The summed E-state index contributed by atoms with van der Waals surface area (Å²) in [5, 5.41) is 11.2. The van der Waals surface area contributed by atoms with E-state index in [1.165, 1.54) is 12.1 Å². The predicted octanol–water partition coefficient (Wildman–Crippen LogP) is 3.59. The molecule has 0 radical (unpaired) electrons. The van der Waals surface area contributed by atoms with Crippen molar-refractivity contribution in [2.24, 2.45) is 0 Å². The van der Waals surface area contributed by atoms with E-state index in [1.54, 1.807) is 30.3 Å². The Bertz CT molecular complexity index is 847. The number of carbonyl (C=O) groups is 1. The number of para-hydroxylation sites is 1. The zero-order valence-electron chi connectivity index (χ0n) is 12.3. The summed E-state index contributed by atoms with van der Waals surface area (Å²) in [6, 6.07) is 10.9. The molecule has 0 fully saturated rings. The summed E-state index contributed by atoms with van der Waals surface area (Å²) >= 11 is 6.07. The molecule has 0 bridgehead atoms. The van der Waals surface area contributed by atoms with Crippen LogP contribution in [0, 0.1) is 0 Å². The third-order valence-corrected chi connectivity index (χ3v) is 3.73. The smallest absolute Gasteiger partial charge is 0.429 e. The van der Waals surface area contributed by atoms with Gasteiger partial charge in [0.05, 0.1) is 16.6 Å². The molecule has 1 unspecified atom stereocenters. The molecule has 0 amide bonds. The first-order valence-corrected chi connectivity index (χ1v) is 7.37. The second-order valence-corrected chi connectivity index (χ2v) is 5.54. The summed E-state index contributed by atoms with van der Waals surface area (Å²) in [5.41, 5.74) is -1.06. The third kappa shape index (κ3) is 3.41. The highest BCUT2D eigenvalue weighted by molar-refractivity contribution is 6.32. The van der Waals surface area contributed by atoms with Crippen LogP contribution in [0.5, 0.6) is 17.2 Å². The zero-order chi connectivity index (χ0) is 18.2. The van der Waals surface area contributed by atoms with Gasteiger partial charge in [-0.25, -0.2) is 0 Å². The van der Waals surface area contributed by atoms with E-state index in [0.717, 1.165) is 6.08 Å². The number of rotatable bonds is 3. The fourth-order valence-electron chi connectivity index (χ4n) is 2.34. The maximum absolute atomic E-state index is 13.1. The normalized spacial score (nSPS) is 16.5. The van der Waals surface area contributed by atoms with Gasteiger partial charge in [-0.3, -0.25) is 0 Å². The quantitative estimate of drug-likeness (QED) is 0.829. The monoisotopic (exact) mass is 369 g/mol. The van der Waals surface area contributed by atoms with E-state index in [9.17, 15) is 23.1 Å². The van der Waals surface area contributed by atoms with Gasteiger partial charge in [0.15, 0.2) is 5.75 Å². The van der Waals surface area contributed by atoms with Crippen LogP contribution in [0.1, 0.15) is 5.56 Å². The number of carboxylic acids is 1. The average molecular weight is 370 g/mol. The molecule has 1 aliphatic rings. The van der Waals surface area contributed by atoms with Gasteiger partial charge in [0.1, 0.15) is 11.5 Å². The molecule has 0 N–H and O–H groups in total. The maximum atomic E-state index is 13.1. The van der Waals surface area contributed by atoms with E-state index in [0.29, 0.717) is 5.75 Å². The second-order valence-electron chi connectivity index (χ2n) is 5.13. The zero-order valence-corrected chi connectivity index (χ0v) is 13.1. The fraction of sp³-hybridized carbons (Fsp3) is 0.118. The fourth-order valence-corrected chi connectivity index (χ4v) is 2.54. The van der Waals surface area contributed by atoms with Crippen molar-refractivity contribution in [1.82, 2.24) is 0 Å². The first kappa shape index (κ1) is 17.2. The number of halogens is 4. The van der Waals surface area contributed by atoms with Gasteiger partial charge in [-0.15, -0.1) is 0 Å². The van der Waals surface area contributed by atoms with Crippen molar-refractivity contribution < 1.29 is 32.5 Å². The Hall–Kier alpha value is -2.67. The summed E-state index contributed by atoms with van der Waals surface area (Å²) in [7, 11) is 0. The van der Waals surface area contributed by atoms with Crippen LogP contribution in [-0.2, 0) is 4.79 Å². The van der Waals surface area contributed by atoms with E-state index >= 15 is 0 Å². The van der Waals surface area contributed by atoms with Gasteiger partial charge in [-0.1, -0.05) is 29.8 Å². The number of hydrogen-bond donors (Lipinski definition) is 0. The summed E-state index contributed by atoms with van der Waals surface area (Å²) < 4.78 is 49.6. The van der Waals surface area contributed by atoms with Crippen molar-refractivity contribution in [3.8, 4) is 17.2 Å². The van der Waals surface area contributed by atoms with Crippen LogP contribution in [0.2, 0.25) is 5.02 Å². The van der Waals surface area contributed by atoms with Crippen LogP contribution < -0.4 is 14.6 Å². The highest BCUT2D eigenvalue weighted by Gasteiger charge is 2.47. The molecule has 0 saturated heterocycles. The van der Waals surface area contributed by atoms with E-state index in [-0.39, 0.29) is 22.1 Å². The van der Waals surface area contributed by atoms with Gasteiger partial charge in [-0.05, 0) is 30.3 Å². The highest BCUT2D eigenvalue weighted by Crippen LogP contribution is 2.44. The Kier molecular flexibility index (Phi) is 4.34. The Morgan fingerprint density at radius 1 is 1.16 bits per heavy atom. The lowest BCUT2D eigenvalue weighted by atomic mass is 10.0. The van der Waals surface area contributed by atoms with Crippen molar-refractivity contribution >= 4 is 23.6 Å². The predicted molar refractivity (Wildman–Crippen MR) is 81.4 cm³/mol. The van der Waals surface area contributed by atoms with Crippen LogP contribution in [0.25, 0.3) is 6.08 Å². The highest BCUT2D eigenvalue weighted by atomic mass is 35.5. The molecule has 0 aliphatic carbocycles. The number of fused-ring (bicyclic) bond motifs is 1. The standard InChI is InChI=1S/C17H10ClF3O4/c18-12-6-7-13-10(14(12)24-9-4-2-1-3-5-9)8-11(16(22)23)15(25-13)17(19,20)21/h1-8,15H,(H,22,23)/p-1. The van der Waals surface area contributed by atoms with Crippen LogP contribution in [0.4, 0.5) is 13.2 Å². The van der Waals surface area contributed by atoms with Crippen molar-refractivity contribution in [3.05, 3.63) is 58.6 Å². The minimum absolute atomic E-state index is 0.00365. The maximum Gasteiger partial charge on any atom is 0.429 e. The minimum Gasteiger partial charge on any atom is -0.545 e. The average Bonchev–Trinajstić information content (AvgIpc) is 2.56. The molecule has 1 atom stereocenters. The number of carboxylic acid groups (broad SMARTS) is 1. The van der Waals surface area contributed by atoms with Gasteiger partial charge in [0.25, 0.3) is 0 Å². The lowest BCUT2D eigenvalue weighted by Crippen LogP contribution is -2.44. The summed E-state index contributed by atoms with van der Waals surface area (Å²) in [5.74, 6) is -1.81. The largest absolute Gasteiger partial charge is 0.545 e. The molecule has 4 nitrogen and oxygen atoms in total. The van der Waals surface area contributed by atoms with Gasteiger partial charge >= 0.3 is 6.18 Å². The van der Waals surface area contributed by atoms with E-state index in [2.05, 4.69) is 0 Å². The Balaban J connectivity index is 2.11. The van der Waals surface area contributed by atoms with Crippen molar-refractivity contribution in [2.45, 2.75) is 12.3 Å². The van der Waals surface area contributed by atoms with Crippen LogP contribution in [0.15, 0.2) is 48.0 Å². The van der Waals surface area contributed by atoms with E-state index in [4.69, 9.17) is 21.1 Å². The number of aliphatic carboxylic acids is 1. The molecule has 1 heterocycles. The minimum atomic E-state index is -4.91. The number of hydrogen-bond acceptors (Lipinski definition) is 4. The van der Waals surface area contributed by atoms with Crippen molar-refractivity contribution in [2.75, 3.05) is 0 Å². The number of benzene rings is 2. The van der Waals surface area contributed by atoms with Crippen molar-refractivity contribution in [3.63, 3.8) is 0 Å². The van der Waals surface area contributed by atoms with E-state index in [1.807, 2.05) is 0 Å². The number of alkyl halides is 3. The first-order valence-electron chi connectivity index (χ1n) is 6.99. The molecule has 3 rings (SSSR count). The SMILES string of the molecule is O=C([O-])C1=Cc2c(ccc(Cl)c2Oc2ccccc2)OC1C(F)(F)F. The molecule has 2 aromatic rings. The van der Waals surface area contributed by atoms with Gasteiger partial charge in [0, 0.05) is 5.57 Å². The number of carbonyl (C=O) groups excluding carboxylic acids is 1. The molecule has 2 aromatic carbocycles. The summed E-state index contributed by atoms with van der Waals surface area (Å²) in [6.07, 6.45) is -6.73. The lowest BCUT2D eigenvalue weighted by molar-refractivity contribution is -0.302. The van der Waals surface area contributed by atoms with Crippen LogP contribution >= 0.6 is 11.6 Å².